The minimum Gasteiger partial charge on any atom is -0.342 e. The smallest absolute Gasteiger partial charge is 0.257 e. The van der Waals surface area contributed by atoms with Gasteiger partial charge in [-0.2, -0.15) is 0 Å². The van der Waals surface area contributed by atoms with Crippen molar-refractivity contribution in [3.63, 3.8) is 0 Å². The molecule has 0 radical (unpaired) electrons. The SMILES string of the molecule is CCc1c(C)nc(-c2ccc(-c3ccc(F)cc3)cc2)n(CC2CCN(C(=O)C3CC3)C2)c1=O. The molecule has 1 aliphatic heterocycles. The summed E-state index contributed by atoms with van der Waals surface area (Å²) in [5.74, 6) is 1.15. The monoisotopic (exact) mass is 459 g/mol. The molecule has 2 aromatic carbocycles. The first-order valence-electron chi connectivity index (χ1n) is 12.2. The highest BCUT2D eigenvalue weighted by Gasteiger charge is 2.36. The zero-order chi connectivity index (χ0) is 23.8. The van der Waals surface area contributed by atoms with Crippen LogP contribution in [-0.4, -0.2) is 33.4 Å². The van der Waals surface area contributed by atoms with Crippen LogP contribution in [0.3, 0.4) is 0 Å². The lowest BCUT2D eigenvalue weighted by Crippen LogP contribution is -2.33. The molecule has 1 saturated carbocycles. The number of aryl methyl sites for hydroxylation is 1. The van der Waals surface area contributed by atoms with E-state index in [0.29, 0.717) is 25.3 Å². The fraction of sp³-hybridized carbons (Fsp3) is 0.393. The van der Waals surface area contributed by atoms with Crippen molar-refractivity contribution in [2.24, 2.45) is 11.8 Å². The van der Waals surface area contributed by atoms with E-state index in [4.69, 9.17) is 4.98 Å². The molecule has 2 fully saturated rings. The molecule has 1 amide bonds. The highest BCUT2D eigenvalue weighted by atomic mass is 19.1. The molecular weight excluding hydrogens is 429 g/mol. The standard InChI is InChI=1S/C28H30FN3O2/c1-3-25-18(2)30-26(22-6-4-20(5-7-22)21-10-12-24(29)13-11-21)32(28(25)34)17-19-14-15-31(16-19)27(33)23-8-9-23/h4-7,10-13,19,23H,3,8-9,14-17H2,1-2H3. The summed E-state index contributed by atoms with van der Waals surface area (Å²) in [6.45, 7) is 5.92. The molecule has 5 nitrogen and oxygen atoms in total. The van der Waals surface area contributed by atoms with Gasteiger partial charge < -0.3 is 4.90 Å². The highest BCUT2D eigenvalue weighted by molar-refractivity contribution is 5.81. The molecule has 2 heterocycles. The Labute approximate surface area is 199 Å². The van der Waals surface area contributed by atoms with Gasteiger partial charge in [-0.05, 0) is 61.8 Å². The lowest BCUT2D eigenvalue weighted by atomic mass is 10.0. The molecule has 0 N–H and O–H groups in total. The van der Waals surface area contributed by atoms with Crippen LogP contribution in [0.25, 0.3) is 22.5 Å². The van der Waals surface area contributed by atoms with E-state index in [1.165, 1.54) is 12.1 Å². The maximum atomic E-state index is 13.5. The Bertz CT molecular complexity index is 1260. The Morgan fingerprint density at radius 3 is 2.24 bits per heavy atom. The average Bonchev–Trinajstić information content (AvgIpc) is 3.59. The Morgan fingerprint density at radius 2 is 1.62 bits per heavy atom. The van der Waals surface area contributed by atoms with Gasteiger partial charge in [0.15, 0.2) is 0 Å². The first-order chi connectivity index (χ1) is 16.4. The highest BCUT2D eigenvalue weighted by Crippen LogP contribution is 2.33. The average molecular weight is 460 g/mol. The van der Waals surface area contributed by atoms with E-state index in [9.17, 15) is 14.0 Å². The van der Waals surface area contributed by atoms with Gasteiger partial charge in [0.2, 0.25) is 5.91 Å². The number of carbonyl (C=O) groups is 1. The van der Waals surface area contributed by atoms with Crippen molar-refractivity contribution in [3.8, 4) is 22.5 Å². The van der Waals surface area contributed by atoms with Gasteiger partial charge in [0.1, 0.15) is 11.6 Å². The van der Waals surface area contributed by atoms with E-state index in [0.717, 1.165) is 53.8 Å². The largest absolute Gasteiger partial charge is 0.342 e. The van der Waals surface area contributed by atoms with Crippen molar-refractivity contribution in [1.29, 1.82) is 0 Å². The second-order valence-corrected chi connectivity index (χ2v) is 9.57. The molecule has 1 aromatic heterocycles. The molecule has 34 heavy (non-hydrogen) atoms. The van der Waals surface area contributed by atoms with Crippen molar-refractivity contribution in [3.05, 3.63) is 76.0 Å². The van der Waals surface area contributed by atoms with Gasteiger partial charge in [0, 0.05) is 42.4 Å². The van der Waals surface area contributed by atoms with Crippen molar-refractivity contribution in [1.82, 2.24) is 14.5 Å². The lowest BCUT2D eigenvalue weighted by Gasteiger charge is -2.20. The molecule has 1 atom stereocenters. The molecule has 1 unspecified atom stereocenters. The van der Waals surface area contributed by atoms with Crippen LogP contribution in [-0.2, 0) is 17.8 Å². The Morgan fingerprint density at radius 1 is 1.00 bits per heavy atom. The number of carbonyl (C=O) groups excluding carboxylic acids is 1. The number of nitrogens with zero attached hydrogens (tertiary/aromatic N) is 3. The molecule has 5 rings (SSSR count). The van der Waals surface area contributed by atoms with Gasteiger partial charge in [-0.1, -0.05) is 43.3 Å². The van der Waals surface area contributed by atoms with Gasteiger partial charge in [-0.15, -0.1) is 0 Å². The third kappa shape index (κ3) is 4.41. The van der Waals surface area contributed by atoms with Crippen LogP contribution < -0.4 is 5.56 Å². The number of likely N-dealkylation sites (tertiary alicyclic amines) is 1. The summed E-state index contributed by atoms with van der Waals surface area (Å²) in [5.41, 5.74) is 4.30. The Hall–Kier alpha value is -3.28. The maximum Gasteiger partial charge on any atom is 0.257 e. The summed E-state index contributed by atoms with van der Waals surface area (Å²) in [4.78, 5) is 32.8. The van der Waals surface area contributed by atoms with Crippen LogP contribution in [0.4, 0.5) is 4.39 Å². The van der Waals surface area contributed by atoms with Crippen LogP contribution in [0.15, 0.2) is 53.3 Å². The van der Waals surface area contributed by atoms with Gasteiger partial charge in [-0.3, -0.25) is 14.2 Å². The third-order valence-corrected chi connectivity index (χ3v) is 7.11. The van der Waals surface area contributed by atoms with Crippen molar-refractivity contribution in [2.75, 3.05) is 13.1 Å². The Balaban J connectivity index is 1.45. The van der Waals surface area contributed by atoms with E-state index in [-0.39, 0.29) is 29.1 Å². The quantitative estimate of drug-likeness (QED) is 0.530. The van der Waals surface area contributed by atoms with E-state index in [1.54, 1.807) is 12.1 Å². The number of halogens is 1. The minimum absolute atomic E-state index is 0.0135. The summed E-state index contributed by atoms with van der Waals surface area (Å²) in [5, 5.41) is 0. The summed E-state index contributed by atoms with van der Waals surface area (Å²) in [6, 6.07) is 14.3. The van der Waals surface area contributed by atoms with Gasteiger partial charge in [0.05, 0.1) is 0 Å². The molecule has 1 saturated heterocycles. The summed E-state index contributed by atoms with van der Waals surface area (Å²) < 4.78 is 15.1. The lowest BCUT2D eigenvalue weighted by molar-refractivity contribution is -0.131. The number of aromatic nitrogens is 2. The Kier molecular flexibility index (Phi) is 6.07. The zero-order valence-electron chi connectivity index (χ0n) is 19.8. The van der Waals surface area contributed by atoms with Crippen LogP contribution in [0, 0.1) is 24.6 Å². The van der Waals surface area contributed by atoms with Gasteiger partial charge in [0.25, 0.3) is 5.56 Å². The summed E-state index contributed by atoms with van der Waals surface area (Å²) >= 11 is 0. The molecule has 1 aliphatic carbocycles. The predicted molar refractivity (Wildman–Crippen MR) is 131 cm³/mol. The molecule has 0 bridgehead atoms. The number of rotatable bonds is 6. The van der Waals surface area contributed by atoms with Gasteiger partial charge >= 0.3 is 0 Å². The second kappa shape index (κ2) is 9.16. The summed E-state index contributed by atoms with van der Waals surface area (Å²) in [7, 11) is 0. The third-order valence-electron chi connectivity index (χ3n) is 7.11. The van der Waals surface area contributed by atoms with Crippen molar-refractivity contribution < 1.29 is 9.18 Å². The van der Waals surface area contributed by atoms with Crippen molar-refractivity contribution in [2.45, 2.75) is 46.1 Å². The van der Waals surface area contributed by atoms with Crippen LogP contribution in [0.5, 0.6) is 0 Å². The number of benzene rings is 2. The van der Waals surface area contributed by atoms with Gasteiger partial charge in [-0.25, -0.2) is 9.37 Å². The van der Waals surface area contributed by atoms with E-state index in [1.807, 2.05) is 47.6 Å². The number of hydrogen-bond donors (Lipinski definition) is 0. The van der Waals surface area contributed by atoms with Crippen LogP contribution in [0.2, 0.25) is 0 Å². The summed E-state index contributed by atoms with van der Waals surface area (Å²) in [6.07, 6.45) is 3.57. The zero-order valence-corrected chi connectivity index (χ0v) is 19.8. The van der Waals surface area contributed by atoms with E-state index >= 15 is 0 Å². The normalized spacial score (nSPS) is 17.9. The molecule has 2 aliphatic rings. The second-order valence-electron chi connectivity index (χ2n) is 9.57. The fourth-order valence-electron chi connectivity index (χ4n) is 4.98. The number of amides is 1. The first-order valence-corrected chi connectivity index (χ1v) is 12.2. The van der Waals surface area contributed by atoms with Crippen LogP contribution in [0.1, 0.15) is 37.4 Å². The molecule has 3 aromatic rings. The topological polar surface area (TPSA) is 55.2 Å². The predicted octanol–water partition coefficient (Wildman–Crippen LogP) is 4.85. The van der Waals surface area contributed by atoms with E-state index in [2.05, 4.69) is 0 Å². The number of hydrogen-bond acceptors (Lipinski definition) is 3. The molecule has 0 spiro atoms. The first kappa shape index (κ1) is 22.5. The molecular formula is C28H30FN3O2. The molecule has 176 valence electrons. The van der Waals surface area contributed by atoms with Crippen molar-refractivity contribution >= 4 is 5.91 Å². The van der Waals surface area contributed by atoms with E-state index < -0.39 is 0 Å². The molecule has 6 heteroatoms. The fourth-order valence-corrected chi connectivity index (χ4v) is 4.98. The minimum atomic E-state index is -0.260. The van der Waals surface area contributed by atoms with Crippen LogP contribution >= 0.6 is 0 Å². The maximum absolute atomic E-state index is 13.5.